The maximum absolute atomic E-state index is 12.8. The molecule has 3 N–H and O–H groups in total. The fourth-order valence-corrected chi connectivity index (χ4v) is 4.55. The van der Waals surface area contributed by atoms with Gasteiger partial charge in [0, 0.05) is 13.1 Å². The zero-order valence-electron chi connectivity index (χ0n) is 18.5. The lowest BCUT2D eigenvalue weighted by Gasteiger charge is -2.38. The zero-order chi connectivity index (χ0) is 22.8. The van der Waals surface area contributed by atoms with E-state index in [0.29, 0.717) is 24.5 Å². The van der Waals surface area contributed by atoms with Gasteiger partial charge < -0.3 is 10.2 Å². The summed E-state index contributed by atoms with van der Waals surface area (Å²) in [5.41, 5.74) is 1.81. The zero-order valence-corrected chi connectivity index (χ0v) is 18.5. The summed E-state index contributed by atoms with van der Waals surface area (Å²) in [5, 5.41) is 31.3. The monoisotopic (exact) mass is 442 g/mol. The second-order valence-electron chi connectivity index (χ2n) is 8.63. The molecule has 0 amide bonds. The average molecular weight is 443 g/mol. The largest absolute Gasteiger partial charge is 0.505 e. The molecule has 1 aromatic carbocycles. The summed E-state index contributed by atoms with van der Waals surface area (Å²) < 4.78 is 1.62. The number of carbonyl (C=O) groups is 1. The van der Waals surface area contributed by atoms with Gasteiger partial charge in [-0.05, 0) is 56.9 Å². The van der Waals surface area contributed by atoms with Gasteiger partial charge in [-0.1, -0.05) is 19.1 Å². The molecule has 0 saturated carbocycles. The SMILES string of the molecule is CCN1CC(n2[nH]c(C)c(N=Nc3cccc(C4CCN(CC(=O)O)CC4)c3O)c2=O)C1. The number of azo groups is 1. The molecule has 172 valence electrons. The number of piperidine rings is 1. The Kier molecular flexibility index (Phi) is 6.43. The highest BCUT2D eigenvalue weighted by Crippen LogP contribution is 2.39. The number of likely N-dealkylation sites (N-methyl/N-ethyl adjacent to an activating group) is 1. The average Bonchev–Trinajstić information content (AvgIpc) is 3.00. The van der Waals surface area contributed by atoms with Crippen LogP contribution in [0.25, 0.3) is 0 Å². The summed E-state index contributed by atoms with van der Waals surface area (Å²) in [7, 11) is 0. The Labute approximate surface area is 186 Å². The van der Waals surface area contributed by atoms with Gasteiger partial charge >= 0.3 is 5.97 Å². The number of aromatic hydroxyl groups is 1. The molecule has 3 heterocycles. The lowest BCUT2D eigenvalue weighted by Crippen LogP contribution is -2.49. The molecule has 4 rings (SSSR count). The maximum atomic E-state index is 12.8. The van der Waals surface area contributed by atoms with Gasteiger partial charge in [0.15, 0.2) is 5.69 Å². The van der Waals surface area contributed by atoms with E-state index in [4.69, 9.17) is 5.11 Å². The fourth-order valence-electron chi connectivity index (χ4n) is 4.55. The number of carboxylic acid groups (broad SMARTS) is 1. The van der Waals surface area contributed by atoms with Crippen molar-refractivity contribution in [1.29, 1.82) is 0 Å². The van der Waals surface area contributed by atoms with Crippen LogP contribution in [0.3, 0.4) is 0 Å². The number of carboxylic acids is 1. The minimum absolute atomic E-state index is 0.0395. The number of aliphatic carboxylic acids is 1. The number of nitrogens with zero attached hydrogens (tertiary/aromatic N) is 5. The van der Waals surface area contributed by atoms with E-state index in [1.807, 2.05) is 17.0 Å². The topological polar surface area (TPSA) is 127 Å². The molecule has 32 heavy (non-hydrogen) atoms. The third kappa shape index (κ3) is 4.46. The smallest absolute Gasteiger partial charge is 0.317 e. The third-order valence-corrected chi connectivity index (χ3v) is 6.50. The molecular weight excluding hydrogens is 412 g/mol. The highest BCUT2D eigenvalue weighted by Gasteiger charge is 2.30. The minimum Gasteiger partial charge on any atom is -0.505 e. The molecule has 0 radical (unpaired) electrons. The lowest BCUT2D eigenvalue weighted by molar-refractivity contribution is -0.138. The van der Waals surface area contributed by atoms with E-state index < -0.39 is 5.97 Å². The number of likely N-dealkylation sites (tertiary alicyclic amines) is 2. The standard InChI is InChI=1S/C22H30N6O4/c1-3-26-11-16(12-26)28-22(32)20(14(2)25-28)24-23-18-6-4-5-17(21(18)31)15-7-9-27(10-8-15)13-19(29)30/h4-6,15-16,25,31H,3,7-13H2,1-2H3,(H,29,30). The van der Waals surface area contributed by atoms with Gasteiger partial charge in [-0.2, -0.15) is 0 Å². The second-order valence-corrected chi connectivity index (χ2v) is 8.63. The molecule has 10 nitrogen and oxygen atoms in total. The number of nitrogens with one attached hydrogen (secondary N) is 1. The number of para-hydroxylation sites is 1. The summed E-state index contributed by atoms with van der Waals surface area (Å²) >= 11 is 0. The van der Waals surface area contributed by atoms with Crippen molar-refractivity contribution in [1.82, 2.24) is 19.6 Å². The Hall–Kier alpha value is -2.98. The quantitative estimate of drug-likeness (QED) is 0.566. The number of phenolic OH excluding ortho intramolecular Hbond substituents is 1. The fraction of sp³-hybridized carbons (Fsp3) is 0.545. The predicted molar refractivity (Wildman–Crippen MR) is 119 cm³/mol. The number of aryl methyl sites for hydroxylation is 1. The molecule has 10 heteroatoms. The highest BCUT2D eigenvalue weighted by molar-refractivity contribution is 5.69. The van der Waals surface area contributed by atoms with Crippen LogP contribution in [-0.4, -0.2) is 75.0 Å². The molecule has 0 atom stereocenters. The van der Waals surface area contributed by atoms with Gasteiger partial charge in [0.25, 0.3) is 5.56 Å². The van der Waals surface area contributed by atoms with Crippen molar-refractivity contribution >= 4 is 17.3 Å². The summed E-state index contributed by atoms with van der Waals surface area (Å²) in [6, 6.07) is 5.49. The van der Waals surface area contributed by atoms with Crippen molar-refractivity contribution in [2.24, 2.45) is 10.2 Å². The van der Waals surface area contributed by atoms with Gasteiger partial charge in [-0.25, -0.2) is 4.68 Å². The molecule has 2 saturated heterocycles. The number of hydrogen-bond donors (Lipinski definition) is 3. The molecule has 0 aliphatic carbocycles. The molecule has 2 aromatic rings. The number of aromatic amines is 1. The van der Waals surface area contributed by atoms with E-state index in [0.717, 1.165) is 38.0 Å². The van der Waals surface area contributed by atoms with E-state index in [1.165, 1.54) is 0 Å². The normalized spacial score (nSPS) is 18.9. The van der Waals surface area contributed by atoms with Crippen LogP contribution in [-0.2, 0) is 4.79 Å². The number of aromatic nitrogens is 2. The molecule has 2 aliphatic rings. The van der Waals surface area contributed by atoms with Crippen LogP contribution >= 0.6 is 0 Å². The van der Waals surface area contributed by atoms with Crippen LogP contribution in [0.5, 0.6) is 5.75 Å². The first kappa shape index (κ1) is 22.2. The minimum atomic E-state index is -0.826. The lowest BCUT2D eigenvalue weighted by atomic mass is 9.88. The third-order valence-electron chi connectivity index (χ3n) is 6.50. The molecule has 2 aliphatic heterocycles. The number of rotatable bonds is 7. The second kappa shape index (κ2) is 9.25. The maximum Gasteiger partial charge on any atom is 0.317 e. The summed E-state index contributed by atoms with van der Waals surface area (Å²) in [4.78, 5) is 27.9. The Morgan fingerprint density at radius 1 is 1.19 bits per heavy atom. The van der Waals surface area contributed by atoms with Crippen molar-refractivity contribution in [3.8, 4) is 5.75 Å². The van der Waals surface area contributed by atoms with Gasteiger partial charge in [0.2, 0.25) is 0 Å². The first-order valence-corrected chi connectivity index (χ1v) is 11.1. The molecule has 2 fully saturated rings. The summed E-state index contributed by atoms with van der Waals surface area (Å²) in [6.45, 7) is 7.90. The van der Waals surface area contributed by atoms with E-state index >= 15 is 0 Å². The van der Waals surface area contributed by atoms with E-state index in [1.54, 1.807) is 17.7 Å². The van der Waals surface area contributed by atoms with E-state index in [2.05, 4.69) is 27.2 Å². The number of H-pyrrole nitrogens is 1. The Morgan fingerprint density at radius 2 is 1.91 bits per heavy atom. The van der Waals surface area contributed by atoms with Gasteiger partial charge in [0.1, 0.15) is 11.4 Å². The van der Waals surface area contributed by atoms with Gasteiger partial charge in [-0.15, -0.1) is 10.2 Å². The number of benzene rings is 1. The van der Waals surface area contributed by atoms with Crippen LogP contribution in [0.1, 0.15) is 43.0 Å². The van der Waals surface area contributed by atoms with Crippen LogP contribution in [0.2, 0.25) is 0 Å². The molecule has 0 spiro atoms. The first-order chi connectivity index (χ1) is 15.4. The van der Waals surface area contributed by atoms with Crippen molar-refractivity contribution in [2.45, 2.75) is 38.6 Å². The van der Waals surface area contributed by atoms with Crippen molar-refractivity contribution in [3.05, 3.63) is 39.8 Å². The van der Waals surface area contributed by atoms with Gasteiger partial charge in [0.05, 0.1) is 18.3 Å². The van der Waals surface area contributed by atoms with Gasteiger partial charge in [-0.3, -0.25) is 24.5 Å². The Bertz CT molecular complexity index is 1060. The predicted octanol–water partition coefficient (Wildman–Crippen LogP) is 2.75. The molecule has 1 aromatic heterocycles. The molecule has 0 bridgehead atoms. The summed E-state index contributed by atoms with van der Waals surface area (Å²) in [6.07, 6.45) is 1.53. The van der Waals surface area contributed by atoms with Crippen molar-refractivity contribution < 1.29 is 15.0 Å². The molecule has 0 unspecified atom stereocenters. The van der Waals surface area contributed by atoms with Crippen LogP contribution in [0, 0.1) is 6.92 Å². The Balaban J connectivity index is 1.48. The van der Waals surface area contributed by atoms with Crippen LogP contribution in [0.4, 0.5) is 11.4 Å². The highest BCUT2D eigenvalue weighted by atomic mass is 16.4. The van der Waals surface area contributed by atoms with Crippen LogP contribution < -0.4 is 5.56 Å². The van der Waals surface area contributed by atoms with E-state index in [9.17, 15) is 14.7 Å². The first-order valence-electron chi connectivity index (χ1n) is 11.1. The van der Waals surface area contributed by atoms with Crippen LogP contribution in [0.15, 0.2) is 33.2 Å². The number of phenols is 1. The summed E-state index contributed by atoms with van der Waals surface area (Å²) in [5.74, 6) is -0.631. The molecular formula is C22H30N6O4. The van der Waals surface area contributed by atoms with E-state index in [-0.39, 0.29) is 35.5 Å². The number of hydrogen-bond acceptors (Lipinski definition) is 7. The Morgan fingerprint density at radius 3 is 2.56 bits per heavy atom. The van der Waals surface area contributed by atoms with Crippen molar-refractivity contribution in [2.75, 3.05) is 39.3 Å². The van der Waals surface area contributed by atoms with Crippen molar-refractivity contribution in [3.63, 3.8) is 0 Å².